The zero-order valence-corrected chi connectivity index (χ0v) is 20.8. The summed E-state index contributed by atoms with van der Waals surface area (Å²) in [5, 5.41) is 8.37. The van der Waals surface area contributed by atoms with Crippen molar-refractivity contribution in [2.45, 2.75) is 60.1 Å². The van der Waals surface area contributed by atoms with E-state index >= 15 is 4.39 Å². The van der Waals surface area contributed by atoms with Gasteiger partial charge in [0.2, 0.25) is 0 Å². The van der Waals surface area contributed by atoms with Crippen LogP contribution in [0.2, 0.25) is 0 Å². The lowest BCUT2D eigenvalue weighted by Crippen LogP contribution is -2.28. The molecule has 0 saturated heterocycles. The number of fused-ring (bicyclic) bond motifs is 4. The quantitative estimate of drug-likeness (QED) is 0.256. The molecule has 0 radical (unpaired) electrons. The van der Waals surface area contributed by atoms with Crippen LogP contribution in [0.15, 0.2) is 30.3 Å². The van der Waals surface area contributed by atoms with Gasteiger partial charge in [-0.3, -0.25) is 4.40 Å². The molecular weight excluding hydrogens is 477 g/mol. The molecule has 0 N–H and O–H groups in total. The van der Waals surface area contributed by atoms with Crippen molar-refractivity contribution in [3.05, 3.63) is 58.9 Å². The summed E-state index contributed by atoms with van der Waals surface area (Å²) in [6, 6.07) is 8.81. The van der Waals surface area contributed by atoms with E-state index in [4.69, 9.17) is 0 Å². The van der Waals surface area contributed by atoms with Gasteiger partial charge in [0.1, 0.15) is 11.6 Å². The Morgan fingerprint density at radius 3 is 2.28 bits per heavy atom. The molecule has 0 saturated carbocycles. The Balaban J connectivity index is 0.000000331. The molecule has 0 aliphatic carbocycles. The number of aryl methyl sites for hydroxylation is 2. The number of benzene rings is 2. The Hall–Kier alpha value is -3.30. The van der Waals surface area contributed by atoms with Crippen LogP contribution in [0, 0.1) is 30.9 Å². The smallest absolute Gasteiger partial charge is 0.325 e. The molecule has 4 aromatic rings. The van der Waals surface area contributed by atoms with Gasteiger partial charge >= 0.3 is 6.18 Å². The van der Waals surface area contributed by atoms with Crippen LogP contribution < -0.4 is 4.90 Å². The molecule has 5 rings (SSSR count). The number of rotatable bonds is 1. The Morgan fingerprint density at radius 1 is 0.917 bits per heavy atom. The van der Waals surface area contributed by atoms with Crippen LogP contribution in [0.3, 0.4) is 0 Å². The molecule has 5 nitrogen and oxygen atoms in total. The van der Waals surface area contributed by atoms with Gasteiger partial charge < -0.3 is 4.90 Å². The van der Waals surface area contributed by atoms with Crippen LogP contribution >= 0.6 is 0 Å². The average molecular weight is 506 g/mol. The second kappa shape index (κ2) is 9.29. The molecule has 0 amide bonds. The van der Waals surface area contributed by atoms with Gasteiger partial charge in [-0.15, -0.1) is 10.2 Å². The van der Waals surface area contributed by atoms with Gasteiger partial charge in [0, 0.05) is 12.2 Å². The monoisotopic (exact) mass is 505 g/mol. The van der Waals surface area contributed by atoms with Crippen molar-refractivity contribution in [3.63, 3.8) is 0 Å². The van der Waals surface area contributed by atoms with Gasteiger partial charge in [-0.05, 0) is 62.4 Å². The largest absolute Gasteiger partial charge is 0.393 e. The Labute approximate surface area is 206 Å². The van der Waals surface area contributed by atoms with E-state index in [0.29, 0.717) is 29.5 Å². The first-order chi connectivity index (χ1) is 16.8. The van der Waals surface area contributed by atoms with Crippen molar-refractivity contribution >= 4 is 28.2 Å². The minimum atomic E-state index is -4.06. The second-order valence-corrected chi connectivity index (χ2v) is 10.0. The molecule has 0 unspecified atom stereocenters. The van der Waals surface area contributed by atoms with E-state index in [-0.39, 0.29) is 5.39 Å². The minimum absolute atomic E-state index is 0.157. The van der Waals surface area contributed by atoms with Gasteiger partial charge in [0.25, 0.3) is 5.78 Å². The van der Waals surface area contributed by atoms with E-state index in [1.165, 1.54) is 11.1 Å². The highest BCUT2D eigenvalue weighted by atomic mass is 19.4. The van der Waals surface area contributed by atoms with E-state index in [1.54, 1.807) is 17.4 Å². The van der Waals surface area contributed by atoms with Gasteiger partial charge in [-0.25, -0.2) is 8.78 Å². The second-order valence-electron chi connectivity index (χ2n) is 10.0. The van der Waals surface area contributed by atoms with E-state index in [1.807, 2.05) is 17.0 Å². The fourth-order valence-electron chi connectivity index (χ4n) is 4.17. The summed E-state index contributed by atoms with van der Waals surface area (Å²) in [5.41, 5.74) is 2.37. The molecule has 3 heterocycles. The molecule has 10 heteroatoms. The summed E-state index contributed by atoms with van der Waals surface area (Å²) in [6.07, 6.45) is -1.13. The Morgan fingerprint density at radius 2 is 1.61 bits per heavy atom. The molecule has 0 bridgehead atoms. The summed E-state index contributed by atoms with van der Waals surface area (Å²) in [6.45, 7) is 7.97. The van der Waals surface area contributed by atoms with Crippen LogP contribution in [0.1, 0.15) is 50.6 Å². The van der Waals surface area contributed by atoms with Crippen molar-refractivity contribution in [2.24, 2.45) is 5.41 Å². The number of nitrogens with zero attached hydrogens (tertiary/aromatic N) is 5. The van der Waals surface area contributed by atoms with Crippen molar-refractivity contribution < 1.29 is 22.0 Å². The van der Waals surface area contributed by atoms with Crippen LogP contribution in [0.25, 0.3) is 16.7 Å². The van der Waals surface area contributed by atoms with Crippen molar-refractivity contribution in [1.82, 2.24) is 19.6 Å². The number of halogens is 5. The lowest BCUT2D eigenvalue weighted by atomic mass is 9.96. The molecule has 2 aromatic carbocycles. The van der Waals surface area contributed by atoms with Gasteiger partial charge in [0.15, 0.2) is 11.6 Å². The standard InChI is InChI=1S/C21H19F2N5.C5H9F3/c1-12-6-5-8-16-14(12)7-3-4-11-27(16)20-18-17(10-9-15(22)19(18)23)28-13(2)25-26-21(28)24-20;1-4(2,3)5(6,7)8/h5-6,8-10H,3-4,7,11H2,1-2H3;1-3H3. The summed E-state index contributed by atoms with van der Waals surface area (Å²) >= 11 is 0. The Bertz CT molecular complexity index is 1410. The highest BCUT2D eigenvalue weighted by Gasteiger charge is 2.42. The van der Waals surface area contributed by atoms with Gasteiger partial charge in [-0.1, -0.05) is 32.9 Å². The van der Waals surface area contributed by atoms with Crippen LogP contribution in [-0.4, -0.2) is 32.3 Å². The molecule has 0 spiro atoms. The first-order valence-corrected chi connectivity index (χ1v) is 11.7. The average Bonchev–Trinajstić information content (AvgIpc) is 3.02. The SMILES string of the molecule is CC(C)(C)C(F)(F)F.Cc1cccc2c1CCCCN2c1nc2nnc(C)n2c2ccc(F)c(F)c12. The number of alkyl halides is 3. The fourth-order valence-corrected chi connectivity index (χ4v) is 4.17. The maximum absolute atomic E-state index is 15.0. The highest BCUT2D eigenvalue weighted by Crippen LogP contribution is 2.39. The summed E-state index contributed by atoms with van der Waals surface area (Å²) < 4.78 is 65.6. The topological polar surface area (TPSA) is 46.3 Å². The maximum Gasteiger partial charge on any atom is 0.393 e. The lowest BCUT2D eigenvalue weighted by molar-refractivity contribution is -0.204. The van der Waals surface area contributed by atoms with Crippen molar-refractivity contribution in [2.75, 3.05) is 11.4 Å². The first kappa shape index (κ1) is 25.8. The Kier molecular flexibility index (Phi) is 6.66. The molecule has 1 aliphatic heterocycles. The van der Waals surface area contributed by atoms with Crippen LogP contribution in [-0.2, 0) is 6.42 Å². The molecule has 0 fully saturated rings. The van der Waals surface area contributed by atoms with E-state index in [2.05, 4.69) is 28.2 Å². The predicted octanol–water partition coefficient (Wildman–Crippen LogP) is 7.24. The van der Waals surface area contributed by atoms with Gasteiger partial charge in [-0.2, -0.15) is 18.2 Å². The molecule has 36 heavy (non-hydrogen) atoms. The maximum atomic E-state index is 15.0. The highest BCUT2D eigenvalue weighted by molar-refractivity contribution is 5.94. The van der Waals surface area contributed by atoms with E-state index < -0.39 is 23.2 Å². The molecule has 1 aliphatic rings. The number of hydrogen-bond donors (Lipinski definition) is 0. The third-order valence-electron chi connectivity index (χ3n) is 6.39. The summed E-state index contributed by atoms with van der Waals surface area (Å²) in [7, 11) is 0. The zero-order valence-electron chi connectivity index (χ0n) is 20.8. The summed E-state index contributed by atoms with van der Waals surface area (Å²) in [4.78, 5) is 6.63. The summed E-state index contributed by atoms with van der Waals surface area (Å²) in [5.74, 6) is -0.435. The molecule has 2 aromatic heterocycles. The minimum Gasteiger partial charge on any atom is -0.325 e. The van der Waals surface area contributed by atoms with Crippen LogP contribution in [0.4, 0.5) is 33.5 Å². The molecule has 192 valence electrons. The van der Waals surface area contributed by atoms with Crippen LogP contribution in [0.5, 0.6) is 0 Å². The third kappa shape index (κ3) is 4.60. The molecule has 0 atom stereocenters. The zero-order chi connectivity index (χ0) is 26.4. The normalized spacial score (nSPS) is 14.4. The lowest BCUT2D eigenvalue weighted by Gasteiger charge is -2.26. The fraction of sp³-hybridized carbons (Fsp3) is 0.423. The third-order valence-corrected chi connectivity index (χ3v) is 6.39. The van der Waals surface area contributed by atoms with E-state index in [0.717, 1.165) is 51.8 Å². The predicted molar refractivity (Wildman–Crippen MR) is 130 cm³/mol. The van der Waals surface area contributed by atoms with E-state index in [9.17, 15) is 17.6 Å². The van der Waals surface area contributed by atoms with Crippen molar-refractivity contribution in [3.8, 4) is 0 Å². The number of anilines is 2. The first-order valence-electron chi connectivity index (χ1n) is 11.7. The number of hydrogen-bond acceptors (Lipinski definition) is 4. The number of aromatic nitrogens is 4. The molecular formula is C26H28F5N5. The van der Waals surface area contributed by atoms with Crippen molar-refractivity contribution in [1.29, 1.82) is 0 Å². The van der Waals surface area contributed by atoms with Gasteiger partial charge in [0.05, 0.1) is 16.3 Å².